The fraction of sp³-hybridized carbons (Fsp3) is 0.735. The third-order valence-electron chi connectivity index (χ3n) is 10.6. The normalized spacial score (nSPS) is 27.4. The van der Waals surface area contributed by atoms with E-state index in [4.69, 9.17) is 11.6 Å². The molecule has 0 aromatic heterocycles. The molecule has 1 aromatic rings. The van der Waals surface area contributed by atoms with Crippen LogP contribution in [0.1, 0.15) is 90.5 Å². The lowest BCUT2D eigenvalue weighted by atomic mass is 9.63. The lowest BCUT2D eigenvalue weighted by Gasteiger charge is -2.48. The maximum Gasteiger partial charge on any atom is 0.245 e. The summed E-state index contributed by atoms with van der Waals surface area (Å²) in [6.07, 6.45) is 10.6. The lowest BCUT2D eigenvalue weighted by molar-refractivity contribution is -0.148. The van der Waals surface area contributed by atoms with Crippen molar-refractivity contribution in [2.24, 2.45) is 23.2 Å². The molecule has 5 aliphatic rings. The highest BCUT2D eigenvalue weighted by atomic mass is 35.5. The number of nitrogens with zero attached hydrogens (tertiary/aromatic N) is 2. The average Bonchev–Trinajstić information content (AvgIpc) is 2.97. The van der Waals surface area contributed by atoms with Crippen LogP contribution < -0.4 is 10.6 Å². The summed E-state index contributed by atoms with van der Waals surface area (Å²) >= 11 is 6.14. The third-order valence-corrected chi connectivity index (χ3v) is 10.9. The summed E-state index contributed by atoms with van der Waals surface area (Å²) in [5.74, 6) is 0.938. The first kappa shape index (κ1) is 31.3. The molecule has 1 aromatic carbocycles. The smallest absolute Gasteiger partial charge is 0.245 e. The monoisotopic (exact) mass is 598 g/mol. The number of hydrogen-bond donors (Lipinski definition) is 2. The Bertz CT molecular complexity index is 1120. The van der Waals surface area contributed by atoms with E-state index in [2.05, 4.69) is 22.6 Å². The van der Waals surface area contributed by atoms with Crippen LogP contribution in [0.4, 0.5) is 0 Å². The predicted octanol–water partition coefficient (Wildman–Crippen LogP) is 5.20. The molecule has 2 saturated carbocycles. The van der Waals surface area contributed by atoms with E-state index in [1.165, 1.54) is 25.7 Å². The second kappa shape index (κ2) is 12.9. The highest BCUT2D eigenvalue weighted by Crippen LogP contribution is 2.46. The van der Waals surface area contributed by atoms with Gasteiger partial charge in [-0.1, -0.05) is 43.0 Å². The summed E-state index contributed by atoms with van der Waals surface area (Å²) in [6.45, 7) is 8.25. The van der Waals surface area contributed by atoms with Gasteiger partial charge in [0.25, 0.3) is 0 Å². The third kappa shape index (κ3) is 6.99. The van der Waals surface area contributed by atoms with Crippen molar-refractivity contribution in [2.45, 2.75) is 109 Å². The molecule has 0 spiro atoms. The molecule has 232 valence electrons. The number of hydrogen-bond acceptors (Lipinski definition) is 4. The number of likely N-dealkylation sites (tertiary alicyclic amines) is 1. The predicted molar refractivity (Wildman–Crippen MR) is 167 cm³/mol. The number of carbonyl (C=O) groups is 3. The van der Waals surface area contributed by atoms with Crippen LogP contribution >= 0.6 is 11.6 Å². The number of halogens is 1. The Morgan fingerprint density at radius 1 is 1.00 bits per heavy atom. The molecule has 3 saturated heterocycles. The van der Waals surface area contributed by atoms with Crippen molar-refractivity contribution >= 4 is 29.3 Å². The van der Waals surface area contributed by atoms with Gasteiger partial charge in [0, 0.05) is 42.7 Å². The molecule has 7 nitrogen and oxygen atoms in total. The summed E-state index contributed by atoms with van der Waals surface area (Å²) in [7, 11) is 2.12. The van der Waals surface area contributed by atoms with Crippen molar-refractivity contribution in [3.8, 4) is 0 Å². The largest absolute Gasteiger partial charge is 0.351 e. The molecule has 4 atom stereocenters. The summed E-state index contributed by atoms with van der Waals surface area (Å²) in [6, 6.07) is 7.15. The van der Waals surface area contributed by atoms with E-state index >= 15 is 0 Å². The Hall–Kier alpha value is -2.12. The average molecular weight is 599 g/mol. The number of fused-ring (bicyclic) bond motifs is 3. The Labute approximate surface area is 257 Å². The minimum atomic E-state index is -0.644. The van der Waals surface area contributed by atoms with Gasteiger partial charge in [-0.25, -0.2) is 0 Å². The van der Waals surface area contributed by atoms with Gasteiger partial charge >= 0.3 is 0 Å². The first-order valence-corrected chi connectivity index (χ1v) is 16.7. The molecule has 2 N–H and O–H groups in total. The van der Waals surface area contributed by atoms with Gasteiger partial charge in [0.2, 0.25) is 17.7 Å². The van der Waals surface area contributed by atoms with Gasteiger partial charge in [-0.3, -0.25) is 14.4 Å². The quantitative estimate of drug-likeness (QED) is 0.452. The molecule has 5 fully saturated rings. The summed E-state index contributed by atoms with van der Waals surface area (Å²) < 4.78 is 0. The Balaban J connectivity index is 1.32. The molecule has 42 heavy (non-hydrogen) atoms. The second-order valence-electron chi connectivity index (χ2n) is 14.7. The maximum atomic E-state index is 14.2. The Kier molecular flexibility index (Phi) is 9.58. The molecule has 0 unspecified atom stereocenters. The van der Waals surface area contributed by atoms with E-state index in [0.29, 0.717) is 49.2 Å². The highest BCUT2D eigenvalue weighted by molar-refractivity contribution is 6.30. The molecule has 6 rings (SSSR count). The van der Waals surface area contributed by atoms with Gasteiger partial charge in [0.05, 0.1) is 11.3 Å². The van der Waals surface area contributed by atoms with Crippen LogP contribution in [0.25, 0.3) is 0 Å². The summed E-state index contributed by atoms with van der Waals surface area (Å²) in [5, 5.41) is 7.17. The zero-order valence-electron chi connectivity index (χ0n) is 26.1. The first-order valence-electron chi connectivity index (χ1n) is 16.3. The van der Waals surface area contributed by atoms with Crippen molar-refractivity contribution in [3.63, 3.8) is 0 Å². The van der Waals surface area contributed by atoms with Gasteiger partial charge < -0.3 is 20.4 Å². The van der Waals surface area contributed by atoms with E-state index in [-0.39, 0.29) is 35.2 Å². The van der Waals surface area contributed by atoms with Crippen LogP contribution in [0.15, 0.2) is 24.3 Å². The van der Waals surface area contributed by atoms with Crippen molar-refractivity contribution in [3.05, 3.63) is 34.9 Å². The molecular weight excluding hydrogens is 548 g/mol. The first-order chi connectivity index (χ1) is 19.9. The number of carbonyl (C=O) groups excluding carboxylic acids is 3. The van der Waals surface area contributed by atoms with E-state index in [1.54, 1.807) is 0 Å². The zero-order chi connectivity index (χ0) is 30.1. The van der Waals surface area contributed by atoms with Gasteiger partial charge in [-0.2, -0.15) is 0 Å². The molecule has 2 bridgehead atoms. The van der Waals surface area contributed by atoms with Gasteiger partial charge in [0.15, 0.2) is 0 Å². The topological polar surface area (TPSA) is 81.8 Å². The fourth-order valence-corrected chi connectivity index (χ4v) is 8.51. The Morgan fingerprint density at radius 2 is 1.67 bits per heavy atom. The maximum absolute atomic E-state index is 14.2. The highest BCUT2D eigenvalue weighted by Gasteiger charge is 2.49. The molecular formula is C34H51ClN4O3. The summed E-state index contributed by atoms with van der Waals surface area (Å²) in [4.78, 5) is 46.0. The number of benzene rings is 1. The van der Waals surface area contributed by atoms with Crippen LogP contribution in [-0.2, 0) is 20.8 Å². The molecule has 3 amide bonds. The van der Waals surface area contributed by atoms with Crippen molar-refractivity contribution in [2.75, 3.05) is 26.7 Å². The Morgan fingerprint density at radius 3 is 2.26 bits per heavy atom. The van der Waals surface area contributed by atoms with Gasteiger partial charge in [0.1, 0.15) is 6.04 Å². The SMILES string of the molecule is CN1C[C@@H]2CC[C@H]1[C@@H](C(=O)N[C@H](Cc1ccc(Cl)cc1)C(=O)N1CCC(C(=O)NC(C)(C)C)(C3CCCCC3)CC1)C2. The van der Waals surface area contributed by atoms with E-state index in [1.807, 2.05) is 49.9 Å². The van der Waals surface area contributed by atoms with Crippen LogP contribution in [0, 0.1) is 23.2 Å². The molecule has 0 radical (unpaired) electrons. The van der Waals surface area contributed by atoms with Crippen molar-refractivity contribution < 1.29 is 14.4 Å². The number of amides is 3. The standard InChI is InChI=1S/C34H51ClN4O3/c1-33(2,3)37-32(42)34(25-8-6-5-7-9-25)16-18-39(19-17-34)31(41)28(21-23-10-13-26(35)14-11-23)36-30(40)27-20-24-12-15-29(27)38(4)22-24/h10-11,13-14,24-25,27-29H,5-9,12,15-22H2,1-4H3,(H,36,40)(H,37,42)/t24-,27+,28-,29+/m1/s1. The number of rotatable bonds is 7. The molecule has 2 aliphatic carbocycles. The molecule has 8 heteroatoms. The lowest BCUT2D eigenvalue weighted by Crippen LogP contribution is -2.60. The van der Waals surface area contributed by atoms with Gasteiger partial charge in [-0.05, 0) is 102 Å². The molecule has 3 heterocycles. The zero-order valence-corrected chi connectivity index (χ0v) is 26.8. The summed E-state index contributed by atoms with van der Waals surface area (Å²) in [5.41, 5.74) is 0.232. The van der Waals surface area contributed by atoms with Crippen LogP contribution in [0.3, 0.4) is 0 Å². The molecule has 3 aliphatic heterocycles. The van der Waals surface area contributed by atoms with Crippen molar-refractivity contribution in [1.82, 2.24) is 20.4 Å². The second-order valence-corrected chi connectivity index (χ2v) is 15.1. The van der Waals surface area contributed by atoms with E-state index in [9.17, 15) is 14.4 Å². The van der Waals surface area contributed by atoms with Crippen molar-refractivity contribution in [1.29, 1.82) is 0 Å². The van der Waals surface area contributed by atoms with Gasteiger partial charge in [-0.15, -0.1) is 0 Å². The number of piperidine rings is 3. The van der Waals surface area contributed by atoms with E-state index < -0.39 is 11.5 Å². The van der Waals surface area contributed by atoms with E-state index in [0.717, 1.165) is 37.8 Å². The van der Waals surface area contributed by atoms with Crippen LogP contribution in [0.2, 0.25) is 5.02 Å². The fourth-order valence-electron chi connectivity index (χ4n) is 8.38. The minimum Gasteiger partial charge on any atom is -0.351 e. The number of nitrogens with one attached hydrogen (secondary N) is 2. The minimum absolute atomic E-state index is 0.00156. The van der Waals surface area contributed by atoms with Crippen LogP contribution in [-0.4, -0.2) is 71.8 Å². The van der Waals surface area contributed by atoms with Crippen LogP contribution in [0.5, 0.6) is 0 Å².